The summed E-state index contributed by atoms with van der Waals surface area (Å²) < 4.78 is 54.4. The van der Waals surface area contributed by atoms with Gasteiger partial charge in [0.15, 0.2) is 5.82 Å². The molecule has 0 aliphatic carbocycles. The van der Waals surface area contributed by atoms with Gasteiger partial charge in [-0.25, -0.2) is 23.4 Å². The summed E-state index contributed by atoms with van der Waals surface area (Å²) in [5, 5.41) is 7.59. The Morgan fingerprint density at radius 3 is 2.19 bits per heavy atom. The third-order valence-corrected chi connectivity index (χ3v) is 8.99. The van der Waals surface area contributed by atoms with E-state index in [9.17, 15) is 8.42 Å². The molecule has 0 saturated carbocycles. The standard InChI is InChI=1S/C28H34N8O6S/c1-17-13-29-26(30-14-17)24(35-15-19(16-35)39-3)18(2)43(37,38)34-28-33-32-27(20-9-7-12-23(31-20)42-6)36(28)25-21(40-4)10-8-11-22(25)41-5/h7-14,18-19,24H,15-16H2,1-6H3,(H,33,34)/t18-,24+/m0/s1. The van der Waals surface area contributed by atoms with E-state index in [0.29, 0.717) is 47.7 Å². The molecule has 1 aliphatic rings. The Labute approximate surface area is 250 Å². The summed E-state index contributed by atoms with van der Waals surface area (Å²) in [6.45, 7) is 4.57. The first-order valence-electron chi connectivity index (χ1n) is 13.5. The highest BCUT2D eigenvalue weighted by Gasteiger charge is 2.43. The van der Waals surface area contributed by atoms with Crippen LogP contribution in [0, 0.1) is 6.92 Å². The van der Waals surface area contributed by atoms with Crippen molar-refractivity contribution in [3.63, 3.8) is 0 Å². The minimum Gasteiger partial charge on any atom is -0.494 e. The van der Waals surface area contributed by atoms with E-state index in [0.717, 1.165) is 5.56 Å². The molecule has 1 saturated heterocycles. The number of anilines is 1. The van der Waals surface area contributed by atoms with Gasteiger partial charge in [0.05, 0.1) is 33.5 Å². The van der Waals surface area contributed by atoms with Crippen molar-refractivity contribution in [1.29, 1.82) is 0 Å². The maximum atomic E-state index is 14.1. The number of likely N-dealkylation sites (tertiary alicyclic amines) is 1. The zero-order chi connectivity index (χ0) is 30.7. The van der Waals surface area contributed by atoms with Gasteiger partial charge in [-0.15, -0.1) is 10.2 Å². The fraction of sp³-hybridized carbons (Fsp3) is 0.393. The van der Waals surface area contributed by atoms with Gasteiger partial charge in [0.2, 0.25) is 21.9 Å². The van der Waals surface area contributed by atoms with Crippen LogP contribution < -0.4 is 18.9 Å². The molecule has 0 unspecified atom stereocenters. The zero-order valence-electron chi connectivity index (χ0n) is 24.8. The summed E-state index contributed by atoms with van der Waals surface area (Å²) in [6.07, 6.45) is 3.34. The lowest BCUT2D eigenvalue weighted by Crippen LogP contribution is -2.56. The second-order valence-corrected chi connectivity index (χ2v) is 12.0. The van der Waals surface area contributed by atoms with E-state index in [1.54, 1.807) is 62.8 Å². The van der Waals surface area contributed by atoms with Gasteiger partial charge < -0.3 is 18.9 Å². The predicted octanol–water partition coefficient (Wildman–Crippen LogP) is 2.66. The van der Waals surface area contributed by atoms with Crippen molar-refractivity contribution < 1.29 is 27.4 Å². The Hall–Kier alpha value is -4.34. The summed E-state index contributed by atoms with van der Waals surface area (Å²) in [5.41, 5.74) is 1.63. The van der Waals surface area contributed by atoms with Crippen LogP contribution in [0.15, 0.2) is 48.8 Å². The van der Waals surface area contributed by atoms with Crippen LogP contribution in [0.25, 0.3) is 17.2 Å². The van der Waals surface area contributed by atoms with Crippen molar-refractivity contribution >= 4 is 16.0 Å². The SMILES string of the molecule is COc1cccc(-c2nnc(NS(=O)(=O)[C@@H](C)[C@H](c3ncc(C)cn3)N3CC(OC)C3)n2-c2c(OC)cccc2OC)n1. The van der Waals surface area contributed by atoms with Crippen molar-refractivity contribution in [3.8, 4) is 34.6 Å². The maximum absolute atomic E-state index is 14.1. The van der Waals surface area contributed by atoms with Crippen LogP contribution in [0.3, 0.4) is 0 Å². The Morgan fingerprint density at radius 1 is 0.930 bits per heavy atom. The molecule has 4 aromatic rings. The molecule has 1 aliphatic heterocycles. The number of hydrogen-bond acceptors (Lipinski definition) is 12. The minimum atomic E-state index is -4.13. The van der Waals surface area contributed by atoms with E-state index in [1.165, 1.54) is 25.9 Å². The first kappa shape index (κ1) is 30.1. The summed E-state index contributed by atoms with van der Waals surface area (Å²) in [4.78, 5) is 15.4. The number of sulfonamides is 1. The quantitative estimate of drug-likeness (QED) is 0.251. The Balaban J connectivity index is 1.60. The molecular formula is C28H34N8O6S. The minimum absolute atomic E-state index is 0.00478. The molecule has 3 aromatic heterocycles. The molecule has 1 aromatic carbocycles. The highest BCUT2D eigenvalue weighted by atomic mass is 32.2. The maximum Gasteiger partial charge on any atom is 0.243 e. The Bertz CT molecular complexity index is 1650. The highest BCUT2D eigenvalue weighted by molar-refractivity contribution is 7.93. The van der Waals surface area contributed by atoms with Gasteiger partial charge >= 0.3 is 0 Å². The number of aromatic nitrogens is 6. The van der Waals surface area contributed by atoms with Crippen LogP contribution in [0.4, 0.5) is 5.95 Å². The van der Waals surface area contributed by atoms with Crippen LogP contribution in [0.5, 0.6) is 17.4 Å². The predicted molar refractivity (Wildman–Crippen MR) is 158 cm³/mol. The molecule has 2 atom stereocenters. The number of ether oxygens (including phenoxy) is 4. The molecule has 5 rings (SSSR count). The van der Waals surface area contributed by atoms with Gasteiger partial charge in [0.1, 0.15) is 34.0 Å². The molecule has 1 fully saturated rings. The van der Waals surface area contributed by atoms with Crippen LogP contribution in [-0.4, -0.2) is 95.9 Å². The molecule has 228 valence electrons. The van der Waals surface area contributed by atoms with E-state index >= 15 is 0 Å². The van der Waals surface area contributed by atoms with Crippen molar-refractivity contribution in [2.24, 2.45) is 0 Å². The summed E-state index contributed by atoms with van der Waals surface area (Å²) >= 11 is 0. The molecule has 14 nitrogen and oxygen atoms in total. The van der Waals surface area contributed by atoms with Gasteiger partial charge in [-0.05, 0) is 37.6 Å². The molecule has 0 amide bonds. The van der Waals surface area contributed by atoms with Crippen LogP contribution in [0.1, 0.15) is 24.4 Å². The molecule has 43 heavy (non-hydrogen) atoms. The zero-order valence-corrected chi connectivity index (χ0v) is 25.6. The lowest BCUT2D eigenvalue weighted by atomic mass is 10.0. The average Bonchev–Trinajstić information content (AvgIpc) is 3.40. The van der Waals surface area contributed by atoms with Gasteiger partial charge in [-0.3, -0.25) is 14.2 Å². The molecule has 4 heterocycles. The number of benzene rings is 1. The number of aryl methyl sites for hydroxylation is 1. The second-order valence-electron chi connectivity index (χ2n) is 9.99. The van der Waals surface area contributed by atoms with E-state index in [-0.39, 0.29) is 17.9 Å². The van der Waals surface area contributed by atoms with Gasteiger partial charge in [0, 0.05) is 38.7 Å². The number of nitrogens with one attached hydrogen (secondary N) is 1. The molecule has 0 bridgehead atoms. The van der Waals surface area contributed by atoms with Gasteiger partial charge in [0.25, 0.3) is 0 Å². The highest BCUT2D eigenvalue weighted by Crippen LogP contribution is 2.38. The first-order valence-corrected chi connectivity index (χ1v) is 15.0. The summed E-state index contributed by atoms with van der Waals surface area (Å²) in [6, 6.07) is 9.71. The van der Waals surface area contributed by atoms with Crippen LogP contribution in [0.2, 0.25) is 0 Å². The lowest BCUT2D eigenvalue weighted by Gasteiger charge is -2.44. The van der Waals surface area contributed by atoms with E-state index in [1.807, 2.05) is 11.8 Å². The molecule has 0 radical (unpaired) electrons. The fourth-order valence-corrected chi connectivity index (χ4v) is 6.10. The normalized spacial score (nSPS) is 15.4. The summed E-state index contributed by atoms with van der Waals surface area (Å²) in [5.74, 6) is 1.68. The number of pyridine rings is 1. The van der Waals surface area contributed by atoms with E-state index < -0.39 is 21.3 Å². The van der Waals surface area contributed by atoms with Gasteiger partial charge in [-0.2, -0.15) is 0 Å². The molecule has 15 heteroatoms. The van der Waals surface area contributed by atoms with Gasteiger partial charge in [-0.1, -0.05) is 12.1 Å². The first-order chi connectivity index (χ1) is 20.7. The largest absolute Gasteiger partial charge is 0.494 e. The third-order valence-electron chi connectivity index (χ3n) is 7.29. The van der Waals surface area contributed by atoms with E-state index in [2.05, 4.69) is 29.9 Å². The molecule has 0 spiro atoms. The number of nitrogens with zero attached hydrogens (tertiary/aromatic N) is 7. The second kappa shape index (κ2) is 12.5. The number of rotatable bonds is 12. The summed E-state index contributed by atoms with van der Waals surface area (Å²) in [7, 11) is 2.01. The lowest BCUT2D eigenvalue weighted by molar-refractivity contribution is -0.0530. The van der Waals surface area contributed by atoms with Crippen LogP contribution >= 0.6 is 0 Å². The topological polar surface area (TPSA) is 156 Å². The number of para-hydroxylation sites is 1. The monoisotopic (exact) mass is 610 g/mol. The van der Waals surface area contributed by atoms with E-state index in [4.69, 9.17) is 18.9 Å². The average molecular weight is 611 g/mol. The van der Waals surface area contributed by atoms with Crippen molar-refractivity contribution in [2.45, 2.75) is 31.2 Å². The van der Waals surface area contributed by atoms with Crippen molar-refractivity contribution in [3.05, 3.63) is 60.2 Å². The molecule has 1 N–H and O–H groups in total. The van der Waals surface area contributed by atoms with Crippen molar-refractivity contribution in [1.82, 2.24) is 34.6 Å². The van der Waals surface area contributed by atoms with Crippen molar-refractivity contribution in [2.75, 3.05) is 46.3 Å². The number of hydrogen-bond donors (Lipinski definition) is 1. The number of methoxy groups -OCH3 is 4. The Morgan fingerprint density at radius 2 is 1.58 bits per heavy atom. The Kier molecular flexibility index (Phi) is 8.75. The van der Waals surface area contributed by atoms with Crippen LogP contribution in [-0.2, 0) is 14.8 Å². The fourth-order valence-electron chi connectivity index (χ4n) is 4.89. The molecular weight excluding hydrogens is 576 g/mol. The third kappa shape index (κ3) is 5.96. The smallest absolute Gasteiger partial charge is 0.243 e.